The zero-order valence-corrected chi connectivity index (χ0v) is 13.5. The summed E-state index contributed by atoms with van der Waals surface area (Å²) in [4.78, 5) is 21.4. The Bertz CT molecular complexity index is 630. The van der Waals surface area contributed by atoms with Gasteiger partial charge in [0.25, 0.3) is 0 Å². The van der Waals surface area contributed by atoms with E-state index in [9.17, 15) is 4.79 Å². The molecule has 0 radical (unpaired) electrons. The highest BCUT2D eigenvalue weighted by atomic mass is 35.5. The molecule has 8 heteroatoms. The van der Waals surface area contributed by atoms with Crippen molar-refractivity contribution in [2.75, 3.05) is 24.5 Å². The molecule has 1 fully saturated rings. The van der Waals surface area contributed by atoms with Crippen molar-refractivity contribution >= 4 is 23.3 Å². The van der Waals surface area contributed by atoms with Crippen molar-refractivity contribution in [3.8, 4) is 0 Å². The highest BCUT2D eigenvalue weighted by Crippen LogP contribution is 2.21. The van der Waals surface area contributed by atoms with Crippen molar-refractivity contribution in [3.63, 3.8) is 0 Å². The summed E-state index contributed by atoms with van der Waals surface area (Å²) < 4.78 is 0. The van der Waals surface area contributed by atoms with Crippen LogP contribution in [0, 0.1) is 5.92 Å². The van der Waals surface area contributed by atoms with E-state index in [2.05, 4.69) is 30.4 Å². The van der Waals surface area contributed by atoms with Gasteiger partial charge in [-0.25, -0.2) is 4.98 Å². The molecule has 0 aromatic carbocycles. The van der Waals surface area contributed by atoms with Gasteiger partial charge in [-0.05, 0) is 25.0 Å². The summed E-state index contributed by atoms with van der Waals surface area (Å²) in [6, 6.07) is 3.56. The molecule has 3 rings (SSSR count). The molecule has 122 valence electrons. The fraction of sp³-hybridized carbons (Fsp3) is 0.467. The van der Waals surface area contributed by atoms with E-state index in [-0.39, 0.29) is 11.8 Å². The number of hydrogen-bond donors (Lipinski definition) is 2. The maximum Gasteiger partial charge on any atom is 0.224 e. The molecule has 0 unspecified atom stereocenters. The van der Waals surface area contributed by atoms with Crippen LogP contribution in [0.15, 0.2) is 24.7 Å². The molecule has 2 aromatic heterocycles. The topological polar surface area (TPSA) is 86.8 Å². The number of anilines is 1. The maximum absolute atomic E-state index is 12.3. The van der Waals surface area contributed by atoms with Crippen LogP contribution in [0.1, 0.15) is 18.5 Å². The first-order valence-electron chi connectivity index (χ1n) is 7.71. The Morgan fingerprint density at radius 3 is 3.09 bits per heavy atom. The van der Waals surface area contributed by atoms with Crippen LogP contribution in [0.5, 0.6) is 0 Å². The molecule has 1 aliphatic rings. The third-order valence-corrected chi connectivity index (χ3v) is 4.18. The minimum atomic E-state index is -0.0250. The quantitative estimate of drug-likeness (QED) is 0.863. The Balaban J connectivity index is 1.51. The van der Waals surface area contributed by atoms with E-state index in [0.29, 0.717) is 18.2 Å². The number of rotatable bonds is 5. The van der Waals surface area contributed by atoms with Crippen LogP contribution in [-0.2, 0) is 11.2 Å². The lowest BCUT2D eigenvalue weighted by molar-refractivity contribution is -0.125. The average Bonchev–Trinajstić information content (AvgIpc) is 3.09. The van der Waals surface area contributed by atoms with E-state index < -0.39 is 0 Å². The molecule has 0 bridgehead atoms. The third-order valence-electron chi connectivity index (χ3n) is 3.98. The molecule has 1 aliphatic heterocycles. The molecule has 2 N–H and O–H groups in total. The van der Waals surface area contributed by atoms with E-state index >= 15 is 0 Å². The van der Waals surface area contributed by atoms with Crippen molar-refractivity contribution in [3.05, 3.63) is 35.5 Å². The zero-order chi connectivity index (χ0) is 16.1. The standard InChI is InChI=1S/C15H19ClN6O/c16-13-3-4-14(21-20-13)22-7-1-2-11(9-22)15(23)18-6-5-12-8-17-10-19-12/h3-4,8,10-11H,1-2,5-7,9H2,(H,17,19)(H,18,23)/t11-/m1/s1. The van der Waals surface area contributed by atoms with Gasteiger partial charge < -0.3 is 15.2 Å². The van der Waals surface area contributed by atoms with E-state index in [1.165, 1.54) is 0 Å². The van der Waals surface area contributed by atoms with Gasteiger partial charge >= 0.3 is 0 Å². The van der Waals surface area contributed by atoms with Crippen LogP contribution in [-0.4, -0.2) is 45.7 Å². The molecule has 3 heterocycles. The number of aromatic amines is 1. The summed E-state index contributed by atoms with van der Waals surface area (Å²) in [6.45, 7) is 2.15. The minimum absolute atomic E-state index is 0.0250. The molecular weight excluding hydrogens is 316 g/mol. The first-order valence-corrected chi connectivity index (χ1v) is 8.09. The minimum Gasteiger partial charge on any atom is -0.355 e. The Morgan fingerprint density at radius 1 is 1.43 bits per heavy atom. The summed E-state index contributed by atoms with van der Waals surface area (Å²) in [7, 11) is 0. The summed E-state index contributed by atoms with van der Waals surface area (Å²) in [6.07, 6.45) is 6.03. The second-order valence-corrected chi connectivity index (χ2v) is 6.00. The number of imidazole rings is 1. The normalized spacial score (nSPS) is 18.0. The van der Waals surface area contributed by atoms with Crippen molar-refractivity contribution in [2.24, 2.45) is 5.92 Å². The molecule has 7 nitrogen and oxygen atoms in total. The molecule has 1 atom stereocenters. The van der Waals surface area contributed by atoms with Crippen molar-refractivity contribution in [1.29, 1.82) is 0 Å². The SMILES string of the molecule is O=C(NCCc1cnc[nH]1)[C@@H]1CCCN(c2ccc(Cl)nn2)C1. The zero-order valence-electron chi connectivity index (χ0n) is 12.7. The summed E-state index contributed by atoms with van der Waals surface area (Å²) >= 11 is 5.77. The summed E-state index contributed by atoms with van der Waals surface area (Å²) in [5.74, 6) is 0.837. The Morgan fingerprint density at radius 2 is 2.35 bits per heavy atom. The van der Waals surface area contributed by atoms with Crippen LogP contribution >= 0.6 is 11.6 Å². The predicted octanol–water partition coefficient (Wildman–Crippen LogP) is 1.43. The average molecular weight is 335 g/mol. The van der Waals surface area contributed by atoms with Gasteiger partial charge in [-0.1, -0.05) is 11.6 Å². The molecular formula is C15H19ClN6O. The number of carbonyl (C=O) groups is 1. The lowest BCUT2D eigenvalue weighted by Gasteiger charge is -2.32. The largest absolute Gasteiger partial charge is 0.355 e. The van der Waals surface area contributed by atoms with Crippen LogP contribution in [0.25, 0.3) is 0 Å². The fourth-order valence-electron chi connectivity index (χ4n) is 2.76. The molecule has 1 saturated heterocycles. The van der Waals surface area contributed by atoms with Crippen LogP contribution in [0.4, 0.5) is 5.82 Å². The van der Waals surface area contributed by atoms with E-state index in [4.69, 9.17) is 11.6 Å². The number of amides is 1. The first-order chi connectivity index (χ1) is 11.2. The molecule has 1 amide bonds. The van der Waals surface area contributed by atoms with Gasteiger partial charge in [-0.3, -0.25) is 4.79 Å². The Hall–Kier alpha value is -2.15. The Kier molecular flexibility index (Phi) is 5.07. The number of carbonyl (C=O) groups excluding carboxylic acids is 1. The van der Waals surface area contributed by atoms with Gasteiger partial charge in [-0.2, -0.15) is 0 Å². The molecule has 0 spiro atoms. The molecule has 0 aliphatic carbocycles. The Labute approximate surface area is 139 Å². The van der Waals surface area contributed by atoms with Crippen LogP contribution < -0.4 is 10.2 Å². The molecule has 0 saturated carbocycles. The van der Waals surface area contributed by atoms with Crippen molar-refractivity contribution in [2.45, 2.75) is 19.3 Å². The van der Waals surface area contributed by atoms with E-state index in [1.54, 1.807) is 18.6 Å². The maximum atomic E-state index is 12.3. The number of nitrogens with one attached hydrogen (secondary N) is 2. The van der Waals surface area contributed by atoms with Gasteiger partial charge in [0.15, 0.2) is 11.0 Å². The summed E-state index contributed by atoms with van der Waals surface area (Å²) in [5, 5.41) is 11.3. The highest BCUT2D eigenvalue weighted by molar-refractivity contribution is 6.29. The molecule has 2 aromatic rings. The smallest absolute Gasteiger partial charge is 0.224 e. The van der Waals surface area contributed by atoms with Gasteiger partial charge in [0, 0.05) is 37.9 Å². The molecule has 23 heavy (non-hydrogen) atoms. The highest BCUT2D eigenvalue weighted by Gasteiger charge is 2.26. The summed E-state index contributed by atoms with van der Waals surface area (Å²) in [5.41, 5.74) is 1.02. The second-order valence-electron chi connectivity index (χ2n) is 5.62. The van der Waals surface area contributed by atoms with E-state index in [1.807, 2.05) is 6.07 Å². The van der Waals surface area contributed by atoms with Crippen molar-refractivity contribution < 1.29 is 4.79 Å². The monoisotopic (exact) mass is 334 g/mol. The predicted molar refractivity (Wildman–Crippen MR) is 87.3 cm³/mol. The number of piperidine rings is 1. The fourth-order valence-corrected chi connectivity index (χ4v) is 2.86. The number of aromatic nitrogens is 4. The lowest BCUT2D eigenvalue weighted by atomic mass is 9.97. The van der Waals surface area contributed by atoms with Gasteiger partial charge in [0.2, 0.25) is 5.91 Å². The van der Waals surface area contributed by atoms with Crippen LogP contribution in [0.3, 0.4) is 0 Å². The number of halogens is 1. The second kappa shape index (κ2) is 7.41. The number of nitrogens with zero attached hydrogens (tertiary/aromatic N) is 4. The van der Waals surface area contributed by atoms with Crippen LogP contribution in [0.2, 0.25) is 5.15 Å². The van der Waals surface area contributed by atoms with Crippen molar-refractivity contribution in [1.82, 2.24) is 25.5 Å². The first kappa shape index (κ1) is 15.7. The van der Waals surface area contributed by atoms with Gasteiger partial charge in [-0.15, -0.1) is 10.2 Å². The third kappa shape index (κ3) is 4.19. The van der Waals surface area contributed by atoms with E-state index in [0.717, 1.165) is 37.3 Å². The number of hydrogen-bond acceptors (Lipinski definition) is 5. The number of H-pyrrole nitrogens is 1. The van der Waals surface area contributed by atoms with Gasteiger partial charge in [0.05, 0.1) is 12.2 Å². The van der Waals surface area contributed by atoms with Gasteiger partial charge in [0.1, 0.15) is 0 Å². The lowest BCUT2D eigenvalue weighted by Crippen LogP contribution is -2.43.